The van der Waals surface area contributed by atoms with Gasteiger partial charge in [0.1, 0.15) is 5.82 Å². The number of benzene rings is 2. The molecule has 0 radical (unpaired) electrons. The van der Waals surface area contributed by atoms with E-state index in [1.165, 1.54) is 33.3 Å². The Balaban J connectivity index is 1.61. The molecular weight excluding hydrogens is 311 g/mol. The van der Waals surface area contributed by atoms with E-state index in [1.54, 1.807) is 12.1 Å². The van der Waals surface area contributed by atoms with E-state index in [0.29, 0.717) is 12.0 Å². The van der Waals surface area contributed by atoms with Gasteiger partial charge in [-0.3, -0.25) is 0 Å². The maximum atomic E-state index is 13.2. The van der Waals surface area contributed by atoms with E-state index in [9.17, 15) is 4.39 Å². The molecule has 2 heterocycles. The summed E-state index contributed by atoms with van der Waals surface area (Å²) in [5.41, 5.74) is 7.00. The predicted molar refractivity (Wildman–Crippen MR) is 99.5 cm³/mol. The number of likely N-dealkylation sites (N-methyl/N-ethyl adjacent to an activating group) is 1. The Morgan fingerprint density at radius 1 is 1.08 bits per heavy atom. The third-order valence-electron chi connectivity index (χ3n) is 5.92. The molecular formula is C22H23FN2. The van der Waals surface area contributed by atoms with Gasteiger partial charge in [0.25, 0.3) is 0 Å². The van der Waals surface area contributed by atoms with Gasteiger partial charge in [-0.15, -0.1) is 0 Å². The number of rotatable bonds is 2. The Bertz CT molecular complexity index is 954. The summed E-state index contributed by atoms with van der Waals surface area (Å²) in [6.07, 6.45) is 2.28. The standard InChI is InChI=1S/C22H23FN2/c1-14-3-8-20-18(11-14)19-13-24(2)10-9-21(19)25(20)22-12-17(22)15-4-6-16(23)7-5-15/h3-8,11,17,22H,9-10,12-13H2,1-2H3/t17-,22+/m0/s1. The Labute approximate surface area is 147 Å². The summed E-state index contributed by atoms with van der Waals surface area (Å²) < 4.78 is 15.8. The molecule has 0 unspecified atom stereocenters. The normalized spacial score (nSPS) is 23.0. The summed E-state index contributed by atoms with van der Waals surface area (Å²) in [6, 6.07) is 14.5. The predicted octanol–water partition coefficient (Wildman–Crippen LogP) is 4.81. The topological polar surface area (TPSA) is 8.17 Å². The number of aromatic nitrogens is 1. The number of halogens is 1. The van der Waals surface area contributed by atoms with Crippen molar-refractivity contribution < 1.29 is 4.39 Å². The summed E-state index contributed by atoms with van der Waals surface area (Å²) >= 11 is 0. The zero-order valence-corrected chi connectivity index (χ0v) is 14.8. The lowest BCUT2D eigenvalue weighted by Gasteiger charge is -2.24. The van der Waals surface area contributed by atoms with E-state index in [-0.39, 0.29) is 5.82 Å². The molecule has 1 aliphatic heterocycles. The van der Waals surface area contributed by atoms with Crippen molar-refractivity contribution in [3.63, 3.8) is 0 Å². The van der Waals surface area contributed by atoms with Gasteiger partial charge in [-0.05, 0) is 55.8 Å². The summed E-state index contributed by atoms with van der Waals surface area (Å²) in [5, 5.41) is 1.42. The van der Waals surface area contributed by atoms with Gasteiger partial charge in [-0.2, -0.15) is 0 Å². The van der Waals surface area contributed by atoms with E-state index >= 15 is 0 Å². The molecule has 0 N–H and O–H groups in total. The van der Waals surface area contributed by atoms with E-state index < -0.39 is 0 Å². The molecule has 3 heteroatoms. The molecule has 1 aliphatic carbocycles. The minimum atomic E-state index is -0.150. The molecule has 3 aromatic rings. The quantitative estimate of drug-likeness (QED) is 0.653. The molecule has 0 spiro atoms. The van der Waals surface area contributed by atoms with Crippen LogP contribution in [0.1, 0.15) is 40.8 Å². The monoisotopic (exact) mass is 334 g/mol. The van der Waals surface area contributed by atoms with Crippen LogP contribution in [0, 0.1) is 12.7 Å². The van der Waals surface area contributed by atoms with Gasteiger partial charge in [0.05, 0.1) is 0 Å². The molecule has 5 rings (SSSR count). The van der Waals surface area contributed by atoms with Crippen molar-refractivity contribution in [3.8, 4) is 0 Å². The lowest BCUT2D eigenvalue weighted by Crippen LogP contribution is -2.27. The van der Waals surface area contributed by atoms with Crippen molar-refractivity contribution in [1.29, 1.82) is 0 Å². The fourth-order valence-corrected chi connectivity index (χ4v) is 4.56. The first-order chi connectivity index (χ1) is 12.1. The second-order valence-electron chi connectivity index (χ2n) is 7.76. The highest BCUT2D eigenvalue weighted by Gasteiger charge is 2.42. The van der Waals surface area contributed by atoms with Crippen molar-refractivity contribution in [1.82, 2.24) is 9.47 Å². The van der Waals surface area contributed by atoms with Crippen LogP contribution < -0.4 is 0 Å². The van der Waals surface area contributed by atoms with Crippen LogP contribution in [0.2, 0.25) is 0 Å². The zero-order valence-electron chi connectivity index (χ0n) is 14.8. The Kier molecular flexibility index (Phi) is 3.29. The van der Waals surface area contributed by atoms with E-state index in [1.807, 2.05) is 12.1 Å². The van der Waals surface area contributed by atoms with Crippen LogP contribution in [-0.2, 0) is 13.0 Å². The molecule has 2 atom stereocenters. The molecule has 25 heavy (non-hydrogen) atoms. The van der Waals surface area contributed by atoms with Gasteiger partial charge in [0.2, 0.25) is 0 Å². The van der Waals surface area contributed by atoms with Gasteiger partial charge in [-0.25, -0.2) is 4.39 Å². The van der Waals surface area contributed by atoms with Crippen LogP contribution in [0.4, 0.5) is 4.39 Å². The fraction of sp³-hybridized carbons (Fsp3) is 0.364. The number of nitrogens with zero attached hydrogens (tertiary/aromatic N) is 2. The molecule has 2 aromatic carbocycles. The highest BCUT2D eigenvalue weighted by molar-refractivity contribution is 5.87. The first-order valence-electron chi connectivity index (χ1n) is 9.18. The molecule has 1 fully saturated rings. The zero-order chi connectivity index (χ0) is 17.1. The summed E-state index contributed by atoms with van der Waals surface area (Å²) in [6.45, 7) is 4.33. The smallest absolute Gasteiger partial charge is 0.123 e. The molecule has 0 amide bonds. The van der Waals surface area contributed by atoms with Crippen molar-refractivity contribution in [2.24, 2.45) is 0 Å². The molecule has 2 nitrogen and oxygen atoms in total. The Morgan fingerprint density at radius 3 is 2.68 bits per heavy atom. The fourth-order valence-electron chi connectivity index (χ4n) is 4.56. The van der Waals surface area contributed by atoms with Gasteiger partial charge in [0.15, 0.2) is 0 Å². The van der Waals surface area contributed by atoms with Gasteiger partial charge >= 0.3 is 0 Å². The first-order valence-corrected chi connectivity index (χ1v) is 9.18. The minimum Gasteiger partial charge on any atom is -0.341 e. The van der Waals surface area contributed by atoms with Crippen LogP contribution in [0.5, 0.6) is 0 Å². The van der Waals surface area contributed by atoms with E-state index in [2.05, 4.69) is 41.6 Å². The summed E-state index contributed by atoms with van der Waals surface area (Å²) in [7, 11) is 2.21. The average molecular weight is 334 g/mol. The summed E-state index contributed by atoms with van der Waals surface area (Å²) in [5.74, 6) is 0.365. The lowest BCUT2D eigenvalue weighted by atomic mass is 10.0. The highest BCUT2D eigenvalue weighted by Crippen LogP contribution is 2.54. The summed E-state index contributed by atoms with van der Waals surface area (Å²) in [4.78, 5) is 2.42. The second-order valence-corrected chi connectivity index (χ2v) is 7.76. The number of fused-ring (bicyclic) bond motifs is 3. The SMILES string of the molecule is Cc1ccc2c(c1)c1c(n2[C@@H]2C[C@H]2c2ccc(F)cc2)CCN(C)C1. The van der Waals surface area contributed by atoms with Crippen molar-refractivity contribution in [2.75, 3.05) is 13.6 Å². The molecule has 1 saturated carbocycles. The van der Waals surface area contributed by atoms with Crippen molar-refractivity contribution in [2.45, 2.75) is 38.3 Å². The van der Waals surface area contributed by atoms with Gasteiger partial charge < -0.3 is 9.47 Å². The van der Waals surface area contributed by atoms with Crippen LogP contribution in [-0.4, -0.2) is 23.1 Å². The van der Waals surface area contributed by atoms with Crippen LogP contribution >= 0.6 is 0 Å². The molecule has 0 bridgehead atoms. The maximum Gasteiger partial charge on any atom is 0.123 e. The second kappa shape index (κ2) is 5.43. The number of hydrogen-bond acceptors (Lipinski definition) is 1. The third-order valence-corrected chi connectivity index (χ3v) is 5.92. The number of aryl methyl sites for hydroxylation is 1. The van der Waals surface area contributed by atoms with Crippen LogP contribution in [0.25, 0.3) is 10.9 Å². The highest BCUT2D eigenvalue weighted by atomic mass is 19.1. The average Bonchev–Trinajstić information content (AvgIpc) is 3.32. The minimum absolute atomic E-state index is 0.150. The molecule has 0 saturated heterocycles. The van der Waals surface area contributed by atoms with Crippen LogP contribution in [0.3, 0.4) is 0 Å². The van der Waals surface area contributed by atoms with Crippen molar-refractivity contribution >= 4 is 10.9 Å². The van der Waals surface area contributed by atoms with E-state index in [0.717, 1.165) is 25.9 Å². The van der Waals surface area contributed by atoms with Crippen molar-refractivity contribution in [3.05, 3.63) is 70.7 Å². The Hall–Kier alpha value is -2.13. The first kappa shape index (κ1) is 15.2. The molecule has 1 aromatic heterocycles. The van der Waals surface area contributed by atoms with Crippen LogP contribution in [0.15, 0.2) is 42.5 Å². The van der Waals surface area contributed by atoms with E-state index in [4.69, 9.17) is 0 Å². The molecule has 2 aliphatic rings. The largest absolute Gasteiger partial charge is 0.341 e. The lowest BCUT2D eigenvalue weighted by molar-refractivity contribution is 0.309. The maximum absolute atomic E-state index is 13.2. The van der Waals surface area contributed by atoms with Gasteiger partial charge in [-0.1, -0.05) is 23.8 Å². The van der Waals surface area contributed by atoms with Gasteiger partial charge in [0, 0.05) is 48.1 Å². The number of hydrogen-bond donors (Lipinski definition) is 0. The Morgan fingerprint density at radius 2 is 1.88 bits per heavy atom. The third kappa shape index (κ3) is 2.41. The molecule has 128 valence electrons.